The normalized spacial score (nSPS) is 18.7. The summed E-state index contributed by atoms with van der Waals surface area (Å²) in [5.41, 5.74) is 6.95. The minimum Gasteiger partial charge on any atom is -0.492 e. The van der Waals surface area contributed by atoms with Gasteiger partial charge in [-0.15, -0.1) is 0 Å². The van der Waals surface area contributed by atoms with E-state index in [1.807, 2.05) is 30.0 Å². The van der Waals surface area contributed by atoms with Crippen molar-refractivity contribution in [2.75, 3.05) is 19.7 Å². The van der Waals surface area contributed by atoms with E-state index in [4.69, 9.17) is 10.5 Å². The zero-order valence-electron chi connectivity index (χ0n) is 11.1. The summed E-state index contributed by atoms with van der Waals surface area (Å²) in [6.07, 6.45) is 1.29. The molecule has 104 valence electrons. The predicted molar refractivity (Wildman–Crippen MR) is 78.2 cm³/mol. The molecule has 2 rings (SSSR count). The van der Waals surface area contributed by atoms with Gasteiger partial charge in [0.05, 0.1) is 17.5 Å². The van der Waals surface area contributed by atoms with Gasteiger partial charge in [-0.2, -0.15) is 0 Å². The Kier molecular flexibility index (Phi) is 4.82. The zero-order valence-corrected chi connectivity index (χ0v) is 12.6. The highest BCUT2D eigenvalue weighted by Gasteiger charge is 2.23. The van der Waals surface area contributed by atoms with Crippen LogP contribution in [0.1, 0.15) is 18.4 Å². The number of hydrogen-bond acceptors (Lipinski definition) is 3. The number of carbonyl (C=O) groups is 1. The molecule has 1 heterocycles. The molecule has 1 amide bonds. The van der Waals surface area contributed by atoms with Crippen LogP contribution in [0, 0.1) is 6.92 Å². The Morgan fingerprint density at radius 1 is 1.58 bits per heavy atom. The van der Waals surface area contributed by atoms with Gasteiger partial charge in [0.2, 0.25) is 5.91 Å². The number of nitrogens with zero attached hydrogens (tertiary/aromatic N) is 1. The second-order valence-electron chi connectivity index (χ2n) is 4.92. The van der Waals surface area contributed by atoms with Crippen molar-refractivity contribution in [3.05, 3.63) is 28.2 Å². The van der Waals surface area contributed by atoms with Crippen LogP contribution in [-0.2, 0) is 4.79 Å². The van der Waals surface area contributed by atoms with Gasteiger partial charge in [0.15, 0.2) is 0 Å². The Morgan fingerprint density at radius 2 is 2.37 bits per heavy atom. The molecule has 1 unspecified atom stereocenters. The molecule has 0 aliphatic carbocycles. The van der Waals surface area contributed by atoms with Gasteiger partial charge in [-0.25, -0.2) is 0 Å². The van der Waals surface area contributed by atoms with Crippen molar-refractivity contribution < 1.29 is 9.53 Å². The summed E-state index contributed by atoms with van der Waals surface area (Å²) in [4.78, 5) is 13.7. The van der Waals surface area contributed by atoms with E-state index >= 15 is 0 Å². The average Bonchev–Trinajstić information content (AvgIpc) is 2.78. The van der Waals surface area contributed by atoms with Gasteiger partial charge in [-0.1, -0.05) is 6.07 Å². The Hall–Kier alpha value is -1.07. The largest absolute Gasteiger partial charge is 0.492 e. The van der Waals surface area contributed by atoms with E-state index < -0.39 is 0 Å². The summed E-state index contributed by atoms with van der Waals surface area (Å²) in [6.45, 7) is 3.86. The number of aryl methyl sites for hydroxylation is 1. The molecule has 0 saturated carbocycles. The van der Waals surface area contributed by atoms with E-state index in [1.165, 1.54) is 5.56 Å². The Balaban J connectivity index is 1.78. The number of rotatable bonds is 4. The van der Waals surface area contributed by atoms with Gasteiger partial charge in [0.25, 0.3) is 0 Å². The van der Waals surface area contributed by atoms with Crippen molar-refractivity contribution >= 4 is 21.8 Å². The summed E-state index contributed by atoms with van der Waals surface area (Å²) >= 11 is 3.45. The molecule has 1 aromatic carbocycles. The van der Waals surface area contributed by atoms with Gasteiger partial charge in [0.1, 0.15) is 5.75 Å². The van der Waals surface area contributed by atoms with Crippen LogP contribution in [0.2, 0.25) is 0 Å². The lowest BCUT2D eigenvalue weighted by Gasteiger charge is -2.16. The van der Waals surface area contributed by atoms with Crippen molar-refractivity contribution in [3.63, 3.8) is 0 Å². The topological polar surface area (TPSA) is 55.6 Å². The SMILES string of the molecule is Cc1ccc(OCCC(=O)N2CCC(N)C2)c(Br)c1. The quantitative estimate of drug-likeness (QED) is 0.921. The molecule has 1 aliphatic heterocycles. The second kappa shape index (κ2) is 6.39. The lowest BCUT2D eigenvalue weighted by Crippen LogP contribution is -2.32. The van der Waals surface area contributed by atoms with Gasteiger partial charge in [-0.3, -0.25) is 4.79 Å². The van der Waals surface area contributed by atoms with Crippen LogP contribution < -0.4 is 10.5 Å². The first kappa shape index (κ1) is 14.3. The van der Waals surface area contributed by atoms with Crippen LogP contribution in [0.3, 0.4) is 0 Å². The third kappa shape index (κ3) is 3.94. The highest BCUT2D eigenvalue weighted by Crippen LogP contribution is 2.25. The van der Waals surface area contributed by atoms with E-state index in [2.05, 4.69) is 15.9 Å². The molecule has 1 fully saturated rings. The van der Waals surface area contributed by atoms with E-state index in [1.54, 1.807) is 0 Å². The Bertz CT molecular complexity index is 465. The number of hydrogen-bond donors (Lipinski definition) is 1. The smallest absolute Gasteiger partial charge is 0.226 e. The number of benzene rings is 1. The number of nitrogens with two attached hydrogens (primary N) is 1. The molecule has 0 aromatic heterocycles. The number of ether oxygens (including phenoxy) is 1. The summed E-state index contributed by atoms with van der Waals surface area (Å²) in [6, 6.07) is 6.03. The summed E-state index contributed by atoms with van der Waals surface area (Å²) < 4.78 is 6.54. The summed E-state index contributed by atoms with van der Waals surface area (Å²) in [5, 5.41) is 0. The van der Waals surface area contributed by atoms with Gasteiger partial charge in [0, 0.05) is 19.1 Å². The van der Waals surface area contributed by atoms with Gasteiger partial charge in [-0.05, 0) is 47.0 Å². The Morgan fingerprint density at radius 3 is 3.00 bits per heavy atom. The molecule has 0 spiro atoms. The fraction of sp³-hybridized carbons (Fsp3) is 0.500. The molecule has 0 radical (unpaired) electrons. The fourth-order valence-electron chi connectivity index (χ4n) is 2.14. The molecule has 2 N–H and O–H groups in total. The number of carbonyl (C=O) groups excluding carboxylic acids is 1. The molecular formula is C14H19BrN2O2. The number of likely N-dealkylation sites (tertiary alicyclic amines) is 1. The highest BCUT2D eigenvalue weighted by atomic mass is 79.9. The summed E-state index contributed by atoms with van der Waals surface area (Å²) in [5.74, 6) is 0.896. The van der Waals surface area contributed by atoms with E-state index in [0.717, 1.165) is 23.2 Å². The van der Waals surface area contributed by atoms with Crippen molar-refractivity contribution in [2.24, 2.45) is 5.73 Å². The lowest BCUT2D eigenvalue weighted by molar-refractivity contribution is -0.130. The second-order valence-corrected chi connectivity index (χ2v) is 5.78. The van der Waals surface area contributed by atoms with Crippen LogP contribution in [0.25, 0.3) is 0 Å². The highest BCUT2D eigenvalue weighted by molar-refractivity contribution is 9.10. The molecule has 5 heteroatoms. The molecule has 1 saturated heterocycles. The molecule has 1 atom stereocenters. The first-order valence-corrected chi connectivity index (χ1v) is 7.28. The maximum Gasteiger partial charge on any atom is 0.226 e. The van der Waals surface area contributed by atoms with Gasteiger partial charge >= 0.3 is 0 Å². The molecule has 1 aromatic rings. The number of halogens is 1. The van der Waals surface area contributed by atoms with E-state index in [9.17, 15) is 4.79 Å². The van der Waals surface area contributed by atoms with Crippen molar-refractivity contribution in [1.82, 2.24) is 4.90 Å². The maximum absolute atomic E-state index is 11.9. The van der Waals surface area contributed by atoms with Crippen LogP contribution in [0.15, 0.2) is 22.7 Å². The lowest BCUT2D eigenvalue weighted by atomic mass is 10.2. The van der Waals surface area contributed by atoms with Crippen molar-refractivity contribution in [1.29, 1.82) is 0 Å². The van der Waals surface area contributed by atoms with E-state index in [-0.39, 0.29) is 11.9 Å². The standard InChI is InChI=1S/C14H19BrN2O2/c1-10-2-3-13(12(15)8-10)19-7-5-14(18)17-6-4-11(16)9-17/h2-3,8,11H,4-7,9,16H2,1H3. The zero-order chi connectivity index (χ0) is 13.8. The van der Waals surface area contributed by atoms with Crippen molar-refractivity contribution in [3.8, 4) is 5.75 Å². The molecule has 0 bridgehead atoms. The first-order valence-electron chi connectivity index (χ1n) is 6.48. The average molecular weight is 327 g/mol. The molecular weight excluding hydrogens is 308 g/mol. The van der Waals surface area contributed by atoms with Crippen molar-refractivity contribution in [2.45, 2.75) is 25.8 Å². The first-order chi connectivity index (χ1) is 9.06. The van der Waals surface area contributed by atoms with Crippen LogP contribution in [0.5, 0.6) is 5.75 Å². The molecule has 1 aliphatic rings. The third-order valence-electron chi connectivity index (χ3n) is 3.24. The van der Waals surface area contributed by atoms with E-state index in [0.29, 0.717) is 19.6 Å². The fourth-order valence-corrected chi connectivity index (χ4v) is 2.75. The minimum absolute atomic E-state index is 0.121. The molecule has 4 nitrogen and oxygen atoms in total. The number of amides is 1. The third-order valence-corrected chi connectivity index (χ3v) is 3.86. The van der Waals surface area contributed by atoms with Gasteiger partial charge < -0.3 is 15.4 Å². The maximum atomic E-state index is 11.9. The van der Waals surface area contributed by atoms with Crippen LogP contribution in [-0.4, -0.2) is 36.5 Å². The monoisotopic (exact) mass is 326 g/mol. The Labute approximate surface area is 122 Å². The summed E-state index contributed by atoms with van der Waals surface area (Å²) in [7, 11) is 0. The van der Waals surface area contributed by atoms with Crippen LogP contribution >= 0.6 is 15.9 Å². The van der Waals surface area contributed by atoms with Crippen LogP contribution in [0.4, 0.5) is 0 Å². The molecule has 19 heavy (non-hydrogen) atoms. The predicted octanol–water partition coefficient (Wildman–Crippen LogP) is 2.09. The minimum atomic E-state index is 0.121.